The van der Waals surface area contributed by atoms with Gasteiger partial charge in [0.2, 0.25) is 0 Å². The van der Waals surface area contributed by atoms with Gasteiger partial charge in [0.05, 0.1) is 17.7 Å². The first-order chi connectivity index (χ1) is 11.6. The summed E-state index contributed by atoms with van der Waals surface area (Å²) >= 11 is 6.20. The predicted octanol–water partition coefficient (Wildman–Crippen LogP) is 4.01. The lowest BCUT2D eigenvalue weighted by Gasteiger charge is -2.09. The van der Waals surface area contributed by atoms with Crippen molar-refractivity contribution in [1.82, 2.24) is 4.98 Å². The molecule has 0 saturated heterocycles. The van der Waals surface area contributed by atoms with Gasteiger partial charge in [-0.3, -0.25) is 9.78 Å². The highest BCUT2D eigenvalue weighted by Gasteiger charge is 2.11. The smallest absolute Gasteiger partial charge is 0.188 e. The first kappa shape index (κ1) is 17.9. The summed E-state index contributed by atoms with van der Waals surface area (Å²) in [6, 6.07) is 6.31. The molecule has 0 N–H and O–H groups in total. The normalized spacial score (nSPS) is 11.2. The zero-order valence-corrected chi connectivity index (χ0v) is 13.8. The Morgan fingerprint density at radius 2 is 2.08 bits per heavy atom. The fourth-order valence-corrected chi connectivity index (χ4v) is 2.16. The van der Waals surface area contributed by atoms with Gasteiger partial charge in [-0.25, -0.2) is 4.39 Å². The molecule has 24 heavy (non-hydrogen) atoms. The van der Waals surface area contributed by atoms with Gasteiger partial charge in [-0.1, -0.05) is 23.7 Å². The number of hydrogen-bond acceptors (Lipinski definition) is 5. The third-order valence-electron chi connectivity index (χ3n) is 3.09. The number of nitrogens with zero attached hydrogens (tertiary/aromatic N) is 1. The van der Waals surface area contributed by atoms with Crippen LogP contribution in [-0.4, -0.2) is 32.3 Å². The van der Waals surface area contributed by atoms with Crippen molar-refractivity contribution in [2.24, 2.45) is 0 Å². The van der Waals surface area contributed by atoms with Crippen LogP contribution in [0.15, 0.2) is 30.5 Å². The van der Waals surface area contributed by atoms with E-state index in [1.807, 2.05) is 0 Å². The summed E-state index contributed by atoms with van der Waals surface area (Å²) in [6.45, 7) is 0.0290. The third-order valence-corrected chi connectivity index (χ3v) is 3.50. The molecule has 1 aromatic heterocycles. The highest BCUT2D eigenvalue weighted by molar-refractivity contribution is 6.33. The van der Waals surface area contributed by atoms with Crippen molar-refractivity contribution in [2.75, 3.05) is 21.0 Å². The molecule has 0 spiro atoms. The number of rotatable bonds is 7. The average Bonchev–Trinajstić information content (AvgIpc) is 2.61. The third kappa shape index (κ3) is 4.10. The molecule has 0 aliphatic heterocycles. The van der Waals surface area contributed by atoms with E-state index in [0.717, 1.165) is 0 Å². The number of ether oxygens (including phenoxy) is 3. The Hall–Kier alpha value is -2.44. The molecule has 0 atom stereocenters. The van der Waals surface area contributed by atoms with Gasteiger partial charge >= 0.3 is 0 Å². The van der Waals surface area contributed by atoms with Gasteiger partial charge in [0.1, 0.15) is 23.0 Å². The van der Waals surface area contributed by atoms with E-state index in [4.69, 9.17) is 25.8 Å². The molecule has 0 bridgehead atoms. The molecule has 2 aromatic rings. The topological polar surface area (TPSA) is 57.7 Å². The van der Waals surface area contributed by atoms with Crippen molar-refractivity contribution in [2.45, 2.75) is 0 Å². The minimum atomic E-state index is -0.628. The Morgan fingerprint density at radius 1 is 1.29 bits per heavy atom. The molecule has 1 aromatic carbocycles. The number of benzene rings is 1. The molecule has 126 valence electrons. The van der Waals surface area contributed by atoms with Crippen LogP contribution in [0, 0.1) is 0 Å². The number of methoxy groups -OCH3 is 2. The molecule has 2 rings (SSSR count). The number of aromatic nitrogens is 1. The number of halogens is 2. The summed E-state index contributed by atoms with van der Waals surface area (Å²) in [7, 11) is 2.88. The van der Waals surface area contributed by atoms with Gasteiger partial charge in [0, 0.05) is 19.4 Å². The summed E-state index contributed by atoms with van der Waals surface area (Å²) in [6.07, 6.45) is 3.06. The standard InChI is InChI=1S/C17H15ClFNO4/c1-22-10-24-15-5-3-4-11(17(15)18)6-13(19)14-7-16(23-2)12(9-21)8-20-14/h3-9H,10H2,1-2H3. The van der Waals surface area contributed by atoms with E-state index in [-0.39, 0.29) is 28.8 Å². The van der Waals surface area contributed by atoms with Crippen molar-refractivity contribution < 1.29 is 23.4 Å². The molecule has 0 radical (unpaired) electrons. The van der Waals surface area contributed by atoms with Crippen LogP contribution in [0.4, 0.5) is 4.39 Å². The van der Waals surface area contributed by atoms with Crippen molar-refractivity contribution >= 4 is 29.8 Å². The van der Waals surface area contributed by atoms with E-state index in [1.54, 1.807) is 18.2 Å². The van der Waals surface area contributed by atoms with Crippen LogP contribution in [0.3, 0.4) is 0 Å². The number of aldehydes is 1. The Bertz CT molecular complexity index is 764. The minimum Gasteiger partial charge on any atom is -0.496 e. The van der Waals surface area contributed by atoms with Crippen LogP contribution in [0.5, 0.6) is 11.5 Å². The molecule has 0 aliphatic rings. The van der Waals surface area contributed by atoms with Crippen LogP contribution < -0.4 is 9.47 Å². The van der Waals surface area contributed by atoms with Crippen molar-refractivity contribution in [3.05, 3.63) is 52.3 Å². The first-order valence-corrected chi connectivity index (χ1v) is 7.25. The molecule has 0 amide bonds. The maximum absolute atomic E-state index is 14.5. The second kappa shape index (κ2) is 8.42. The van der Waals surface area contributed by atoms with Crippen LogP contribution in [0.1, 0.15) is 21.6 Å². The summed E-state index contributed by atoms with van der Waals surface area (Å²) in [4.78, 5) is 14.8. The van der Waals surface area contributed by atoms with Gasteiger partial charge in [-0.05, 0) is 17.7 Å². The Balaban J connectivity index is 2.36. The van der Waals surface area contributed by atoms with Crippen LogP contribution in [0.2, 0.25) is 5.02 Å². The highest BCUT2D eigenvalue weighted by atomic mass is 35.5. The molecule has 1 heterocycles. The molecular weight excluding hydrogens is 337 g/mol. The van der Waals surface area contributed by atoms with Crippen LogP contribution >= 0.6 is 11.6 Å². The quantitative estimate of drug-likeness (QED) is 0.557. The van der Waals surface area contributed by atoms with Gasteiger partial charge in [0.15, 0.2) is 13.1 Å². The Kier molecular flexibility index (Phi) is 6.28. The Morgan fingerprint density at radius 3 is 2.75 bits per heavy atom. The van der Waals surface area contributed by atoms with Crippen molar-refractivity contribution in [1.29, 1.82) is 0 Å². The second-order valence-electron chi connectivity index (χ2n) is 4.63. The molecule has 7 heteroatoms. The van der Waals surface area contributed by atoms with Gasteiger partial charge < -0.3 is 14.2 Å². The highest BCUT2D eigenvalue weighted by Crippen LogP contribution is 2.31. The monoisotopic (exact) mass is 351 g/mol. The molecule has 0 fully saturated rings. The maximum atomic E-state index is 14.5. The summed E-state index contributed by atoms with van der Waals surface area (Å²) in [5, 5.41) is 0.251. The second-order valence-corrected chi connectivity index (χ2v) is 5.01. The lowest BCUT2D eigenvalue weighted by molar-refractivity contribution is 0.0512. The summed E-state index contributed by atoms with van der Waals surface area (Å²) in [5.41, 5.74) is 0.682. The van der Waals surface area contributed by atoms with E-state index in [0.29, 0.717) is 17.6 Å². The van der Waals surface area contributed by atoms with Crippen LogP contribution in [0.25, 0.3) is 11.9 Å². The number of carbonyl (C=O) groups excluding carboxylic acids is 1. The molecule has 0 aliphatic carbocycles. The SMILES string of the molecule is COCOc1cccc(C=C(F)c2cc(OC)c(C=O)cn2)c1Cl. The number of hydrogen-bond donors (Lipinski definition) is 0. The largest absolute Gasteiger partial charge is 0.496 e. The maximum Gasteiger partial charge on any atom is 0.188 e. The molecular formula is C17H15ClFNO4. The fraction of sp³-hybridized carbons (Fsp3) is 0.176. The summed E-state index contributed by atoms with van der Waals surface area (Å²) in [5.74, 6) is -0.0136. The zero-order valence-electron chi connectivity index (χ0n) is 13.1. The van der Waals surface area contributed by atoms with Crippen LogP contribution in [-0.2, 0) is 4.74 Å². The molecule has 0 saturated carbocycles. The Labute approximate surface area is 143 Å². The molecule has 5 nitrogen and oxygen atoms in total. The summed E-state index contributed by atoms with van der Waals surface area (Å²) < 4.78 is 29.6. The lowest BCUT2D eigenvalue weighted by atomic mass is 10.1. The predicted molar refractivity (Wildman–Crippen MR) is 89.1 cm³/mol. The first-order valence-electron chi connectivity index (χ1n) is 6.87. The van der Waals surface area contributed by atoms with E-state index < -0.39 is 5.83 Å². The van der Waals surface area contributed by atoms with E-state index in [2.05, 4.69) is 4.98 Å². The van der Waals surface area contributed by atoms with Gasteiger partial charge in [-0.15, -0.1) is 0 Å². The number of carbonyl (C=O) groups is 1. The minimum absolute atomic E-state index is 0.0247. The number of pyridine rings is 1. The van der Waals surface area contributed by atoms with E-state index in [1.165, 1.54) is 32.6 Å². The van der Waals surface area contributed by atoms with Crippen molar-refractivity contribution in [3.8, 4) is 11.5 Å². The van der Waals surface area contributed by atoms with Gasteiger partial charge in [-0.2, -0.15) is 0 Å². The van der Waals surface area contributed by atoms with E-state index in [9.17, 15) is 9.18 Å². The lowest BCUT2D eigenvalue weighted by Crippen LogP contribution is -1.99. The zero-order chi connectivity index (χ0) is 17.5. The van der Waals surface area contributed by atoms with Gasteiger partial charge in [0.25, 0.3) is 0 Å². The molecule has 0 unspecified atom stereocenters. The van der Waals surface area contributed by atoms with E-state index >= 15 is 0 Å². The average molecular weight is 352 g/mol. The van der Waals surface area contributed by atoms with Crippen molar-refractivity contribution in [3.63, 3.8) is 0 Å². The fourth-order valence-electron chi connectivity index (χ4n) is 1.93.